The normalized spacial score (nSPS) is 12.6. The summed E-state index contributed by atoms with van der Waals surface area (Å²) in [6.07, 6.45) is 0.835. The monoisotopic (exact) mass is 456 g/mol. The Morgan fingerprint density at radius 3 is 1.83 bits per heavy atom. The van der Waals surface area contributed by atoms with Gasteiger partial charge >= 0.3 is 14.5 Å². The fourth-order valence-electron chi connectivity index (χ4n) is 3.02. The summed E-state index contributed by atoms with van der Waals surface area (Å²) in [4.78, 5) is 23.4. The van der Waals surface area contributed by atoms with E-state index in [4.69, 9.17) is 17.7 Å². The average Bonchev–Trinajstić information content (AvgIpc) is 2.55. The van der Waals surface area contributed by atoms with E-state index in [9.17, 15) is 9.59 Å². The van der Waals surface area contributed by atoms with Crippen molar-refractivity contribution >= 4 is 36.9 Å². The first-order chi connectivity index (χ1) is 13.2. The van der Waals surface area contributed by atoms with Crippen LogP contribution in [0.15, 0.2) is 24.3 Å². The van der Waals surface area contributed by atoms with Gasteiger partial charge in [0, 0.05) is 5.56 Å². The first-order valence-electron chi connectivity index (χ1n) is 10.1. The first kappa shape index (κ1) is 25.8. The molecule has 0 unspecified atom stereocenters. The van der Waals surface area contributed by atoms with Gasteiger partial charge in [0.05, 0.1) is 13.2 Å². The maximum absolute atomic E-state index is 11.9. The van der Waals surface area contributed by atoms with Crippen molar-refractivity contribution in [3.8, 4) is 5.75 Å². The van der Waals surface area contributed by atoms with E-state index in [0.29, 0.717) is 17.9 Å². The van der Waals surface area contributed by atoms with Crippen LogP contribution in [-0.4, -0.2) is 50.2 Å². The summed E-state index contributed by atoms with van der Waals surface area (Å²) >= 11 is 0. The number of rotatable bonds is 12. The van der Waals surface area contributed by atoms with Crippen LogP contribution in [0.4, 0.5) is 0 Å². The lowest BCUT2D eigenvalue weighted by molar-refractivity contribution is -0.137. The van der Waals surface area contributed by atoms with Gasteiger partial charge in [-0.3, -0.25) is 4.79 Å². The molecule has 1 aromatic carbocycles. The number of carbonyl (C=O) groups excluding carboxylic acids is 2. The first-order valence-corrected chi connectivity index (χ1v) is 19.4. The minimum Gasteiger partial charge on any atom is -0.494 e. The van der Waals surface area contributed by atoms with Crippen molar-refractivity contribution in [3.05, 3.63) is 29.8 Å². The van der Waals surface area contributed by atoms with Gasteiger partial charge < -0.3 is 17.7 Å². The molecule has 0 radical (unpaired) electrons. The molecule has 0 saturated carbocycles. The summed E-state index contributed by atoms with van der Waals surface area (Å²) in [7, 11) is -5.66. The van der Waals surface area contributed by atoms with E-state index in [2.05, 4.69) is 45.8 Å². The van der Waals surface area contributed by atoms with E-state index < -0.39 is 36.9 Å². The Kier molecular flexibility index (Phi) is 9.48. The lowest BCUT2D eigenvalue weighted by Crippen LogP contribution is -2.52. The molecule has 0 aliphatic rings. The summed E-state index contributed by atoms with van der Waals surface area (Å²) in [6.45, 7) is 17.7. The van der Waals surface area contributed by atoms with E-state index in [1.54, 1.807) is 31.2 Å². The number of carbonyl (C=O) groups is 2. The van der Waals surface area contributed by atoms with Gasteiger partial charge in [-0.15, -0.1) is 0 Å². The number of ether oxygens (including phenoxy) is 2. The van der Waals surface area contributed by atoms with Crippen molar-refractivity contribution in [2.75, 3.05) is 13.2 Å². The fraction of sp³-hybridized carbons (Fsp3) is 0.600. The molecule has 0 N–H and O–H groups in total. The second-order valence-electron chi connectivity index (χ2n) is 9.09. The van der Waals surface area contributed by atoms with Gasteiger partial charge in [0.25, 0.3) is 5.78 Å². The van der Waals surface area contributed by atoms with Crippen LogP contribution in [0.2, 0.25) is 51.9 Å². The lowest BCUT2D eigenvalue weighted by atomic mass is 10.1. The average molecular weight is 457 g/mol. The molecule has 0 atom stereocenters. The molecule has 0 aliphatic carbocycles. The van der Waals surface area contributed by atoms with Gasteiger partial charge in [0.15, 0.2) is 16.6 Å². The Bertz CT molecular complexity index is 661. The molecule has 1 aromatic rings. The highest BCUT2D eigenvalue weighted by atomic mass is 28.5. The van der Waals surface area contributed by atoms with Crippen LogP contribution in [0.25, 0.3) is 0 Å². The topological polar surface area (TPSA) is 71.1 Å². The quantitative estimate of drug-likeness (QED) is 0.145. The zero-order valence-electron chi connectivity index (χ0n) is 19.1. The molecule has 29 heavy (non-hydrogen) atoms. The molecular weight excluding hydrogens is 420 g/mol. The fourth-order valence-corrected chi connectivity index (χ4v) is 15.5. The number of ketones is 1. The minimum absolute atomic E-state index is 0.177. The number of benzene rings is 1. The summed E-state index contributed by atoms with van der Waals surface area (Å²) in [6, 6.07) is 7.42. The molecule has 9 heteroatoms. The molecule has 164 valence electrons. The maximum Gasteiger partial charge on any atom is 0.379 e. The van der Waals surface area contributed by atoms with Crippen LogP contribution < -0.4 is 4.74 Å². The molecule has 0 amide bonds. The van der Waals surface area contributed by atoms with Crippen molar-refractivity contribution in [3.63, 3.8) is 0 Å². The molecular formula is C20H36O6Si3. The third kappa shape index (κ3) is 10.4. The van der Waals surface area contributed by atoms with Crippen molar-refractivity contribution in [2.45, 2.75) is 65.2 Å². The smallest absolute Gasteiger partial charge is 0.379 e. The van der Waals surface area contributed by atoms with Crippen molar-refractivity contribution in [2.24, 2.45) is 0 Å². The third-order valence-electron chi connectivity index (χ3n) is 3.67. The van der Waals surface area contributed by atoms with Crippen molar-refractivity contribution in [1.82, 2.24) is 0 Å². The maximum atomic E-state index is 11.9. The molecule has 0 saturated heterocycles. The molecule has 0 aromatic heterocycles. The van der Waals surface area contributed by atoms with E-state index in [1.807, 2.05) is 0 Å². The van der Waals surface area contributed by atoms with Crippen LogP contribution in [0.1, 0.15) is 23.7 Å². The molecule has 6 nitrogen and oxygen atoms in total. The predicted octanol–water partition coefficient (Wildman–Crippen LogP) is 4.98. The number of Topliss-reactive ketones (excluding diaryl/α,β-unsaturated/α-hetero) is 1. The van der Waals surface area contributed by atoms with Crippen LogP contribution in [-0.2, 0) is 17.8 Å². The van der Waals surface area contributed by atoms with Gasteiger partial charge in [0.2, 0.25) is 0 Å². The summed E-state index contributed by atoms with van der Waals surface area (Å²) in [5, 5.41) is 0. The van der Waals surface area contributed by atoms with E-state index in [-0.39, 0.29) is 6.61 Å². The standard InChI is InChI=1S/C20H36O6Si3/c1-9-23-20(22)19(21)17-11-13-18(14-12-17)24-15-10-16-29(8,25-27(2,3)4)26-28(5,6)7/h11-14H,9-10,15-16H2,1-8H3. The van der Waals surface area contributed by atoms with Gasteiger partial charge in [-0.2, -0.15) is 0 Å². The second-order valence-corrected chi connectivity index (χ2v) is 21.9. The number of esters is 1. The van der Waals surface area contributed by atoms with Crippen LogP contribution in [0.3, 0.4) is 0 Å². The Balaban J connectivity index is 2.60. The van der Waals surface area contributed by atoms with Crippen LogP contribution in [0, 0.1) is 0 Å². The van der Waals surface area contributed by atoms with Crippen LogP contribution in [0.5, 0.6) is 5.75 Å². The molecule has 0 aliphatic heterocycles. The Labute approximate surface area is 178 Å². The predicted molar refractivity (Wildman–Crippen MR) is 123 cm³/mol. The zero-order chi connectivity index (χ0) is 22.3. The third-order valence-corrected chi connectivity index (χ3v) is 13.3. The largest absolute Gasteiger partial charge is 0.494 e. The molecule has 0 heterocycles. The minimum atomic E-state index is -2.26. The summed E-state index contributed by atoms with van der Waals surface area (Å²) < 4.78 is 23.5. The molecule has 0 spiro atoms. The summed E-state index contributed by atoms with van der Waals surface area (Å²) in [5.41, 5.74) is 0.294. The highest BCUT2D eigenvalue weighted by Gasteiger charge is 2.39. The molecule has 0 bridgehead atoms. The van der Waals surface area contributed by atoms with E-state index >= 15 is 0 Å². The van der Waals surface area contributed by atoms with Gasteiger partial charge in [-0.1, -0.05) is 0 Å². The van der Waals surface area contributed by atoms with Gasteiger partial charge in [-0.05, 0) is 89.5 Å². The lowest BCUT2D eigenvalue weighted by Gasteiger charge is -2.38. The zero-order valence-corrected chi connectivity index (χ0v) is 22.1. The number of hydrogen-bond donors (Lipinski definition) is 0. The second kappa shape index (κ2) is 10.7. The SMILES string of the molecule is CCOC(=O)C(=O)c1ccc(OCCC[Si](C)(O[Si](C)(C)C)O[Si](C)(C)C)cc1. The number of hydrogen-bond acceptors (Lipinski definition) is 6. The van der Waals surface area contributed by atoms with E-state index in [0.717, 1.165) is 12.5 Å². The van der Waals surface area contributed by atoms with Crippen molar-refractivity contribution < 1.29 is 27.3 Å². The van der Waals surface area contributed by atoms with Crippen LogP contribution >= 0.6 is 0 Å². The Hall–Kier alpha value is -1.27. The van der Waals surface area contributed by atoms with E-state index in [1.165, 1.54) is 0 Å². The van der Waals surface area contributed by atoms with Crippen molar-refractivity contribution in [1.29, 1.82) is 0 Å². The highest BCUT2D eigenvalue weighted by molar-refractivity contribution is 6.87. The Morgan fingerprint density at radius 2 is 1.38 bits per heavy atom. The Morgan fingerprint density at radius 1 is 0.862 bits per heavy atom. The molecule has 0 fully saturated rings. The summed E-state index contributed by atoms with van der Waals surface area (Å²) in [5.74, 6) is -0.826. The highest BCUT2D eigenvalue weighted by Crippen LogP contribution is 2.25. The van der Waals surface area contributed by atoms with Gasteiger partial charge in [0.1, 0.15) is 5.75 Å². The van der Waals surface area contributed by atoms with Gasteiger partial charge in [-0.25, -0.2) is 4.79 Å². The molecule has 1 rings (SSSR count).